The average Bonchev–Trinajstić information content (AvgIpc) is 3.39. The molecule has 0 aliphatic carbocycles. The van der Waals surface area contributed by atoms with Crippen molar-refractivity contribution >= 4 is 17.5 Å². The normalized spacial score (nSPS) is 16.8. The minimum atomic E-state index is -0.178. The van der Waals surface area contributed by atoms with Crippen LogP contribution in [0.15, 0.2) is 24.7 Å². The van der Waals surface area contributed by atoms with Crippen LogP contribution >= 0.6 is 0 Å². The third-order valence-corrected chi connectivity index (χ3v) is 6.00. The molecule has 1 aliphatic rings. The van der Waals surface area contributed by atoms with Crippen molar-refractivity contribution in [2.75, 3.05) is 25.4 Å². The van der Waals surface area contributed by atoms with Crippen molar-refractivity contribution < 1.29 is 4.79 Å². The molecule has 0 aromatic carbocycles. The molecule has 0 unspecified atom stereocenters. The molecule has 1 fully saturated rings. The number of aromatic nitrogens is 5. The maximum atomic E-state index is 12.9. The van der Waals surface area contributed by atoms with Gasteiger partial charge in [-0.3, -0.25) is 9.48 Å². The minimum absolute atomic E-state index is 0.0678. The number of piperidine rings is 1. The molecule has 1 saturated heterocycles. The van der Waals surface area contributed by atoms with E-state index in [1.54, 1.807) is 4.52 Å². The van der Waals surface area contributed by atoms with Gasteiger partial charge in [0.15, 0.2) is 5.65 Å². The minimum Gasteiger partial charge on any atom is -0.366 e. The number of hydrogen-bond acceptors (Lipinski definition) is 6. The second kappa shape index (κ2) is 8.43. The Bertz CT molecular complexity index is 1030. The Balaban J connectivity index is 1.65. The molecule has 160 valence electrons. The Labute approximate surface area is 176 Å². The van der Waals surface area contributed by atoms with Gasteiger partial charge >= 0.3 is 0 Å². The number of nitrogens with one attached hydrogen (secondary N) is 1. The van der Waals surface area contributed by atoms with Gasteiger partial charge in [0.05, 0.1) is 17.8 Å². The number of nitrogen functional groups attached to an aromatic ring is 1. The van der Waals surface area contributed by atoms with E-state index in [0.29, 0.717) is 17.3 Å². The number of nitrogens with zero attached hydrogens (tertiary/aromatic N) is 6. The largest absolute Gasteiger partial charge is 0.366 e. The van der Waals surface area contributed by atoms with Gasteiger partial charge in [0.2, 0.25) is 5.95 Å². The second-order valence-electron chi connectivity index (χ2n) is 8.04. The topological polar surface area (TPSA) is 106 Å². The molecule has 9 nitrogen and oxygen atoms in total. The number of fused-ring (bicyclic) bond motifs is 1. The Hall–Kier alpha value is -2.94. The van der Waals surface area contributed by atoms with Crippen LogP contribution in [0.4, 0.5) is 5.95 Å². The fourth-order valence-electron chi connectivity index (χ4n) is 3.92. The van der Waals surface area contributed by atoms with Gasteiger partial charge in [-0.05, 0) is 38.8 Å². The number of carbonyl (C=O) groups is 1. The summed E-state index contributed by atoms with van der Waals surface area (Å²) in [6.07, 6.45) is 8.79. The van der Waals surface area contributed by atoms with Crippen molar-refractivity contribution in [1.29, 1.82) is 0 Å². The lowest BCUT2D eigenvalue weighted by atomic mass is 10.1. The quantitative estimate of drug-likeness (QED) is 0.646. The van der Waals surface area contributed by atoms with Gasteiger partial charge < -0.3 is 16.0 Å². The molecule has 1 atom stereocenters. The maximum absolute atomic E-state index is 12.9. The summed E-state index contributed by atoms with van der Waals surface area (Å²) >= 11 is 0. The molecular weight excluding hydrogens is 380 g/mol. The van der Waals surface area contributed by atoms with E-state index in [1.807, 2.05) is 32.3 Å². The van der Waals surface area contributed by atoms with Crippen LogP contribution in [-0.2, 0) is 0 Å². The van der Waals surface area contributed by atoms with Crippen molar-refractivity contribution in [3.8, 4) is 11.1 Å². The van der Waals surface area contributed by atoms with Crippen LogP contribution in [0, 0.1) is 0 Å². The Morgan fingerprint density at radius 1 is 1.27 bits per heavy atom. The van der Waals surface area contributed by atoms with Gasteiger partial charge in [0.1, 0.15) is 0 Å². The number of hydrogen-bond donors (Lipinski definition) is 2. The van der Waals surface area contributed by atoms with E-state index in [9.17, 15) is 4.79 Å². The van der Waals surface area contributed by atoms with Crippen LogP contribution in [0.25, 0.3) is 16.8 Å². The molecule has 30 heavy (non-hydrogen) atoms. The first-order valence-corrected chi connectivity index (χ1v) is 10.7. The molecule has 0 spiro atoms. The second-order valence-corrected chi connectivity index (χ2v) is 8.04. The van der Waals surface area contributed by atoms with Crippen molar-refractivity contribution in [3.05, 3.63) is 30.2 Å². The van der Waals surface area contributed by atoms with E-state index in [4.69, 9.17) is 5.73 Å². The summed E-state index contributed by atoms with van der Waals surface area (Å²) in [6.45, 7) is 9.51. The van der Waals surface area contributed by atoms with Crippen LogP contribution < -0.4 is 11.1 Å². The first kappa shape index (κ1) is 20.3. The summed E-state index contributed by atoms with van der Waals surface area (Å²) in [6, 6.07) is 2.32. The average molecular weight is 411 g/mol. The molecule has 0 bridgehead atoms. The molecule has 1 aliphatic heterocycles. The number of anilines is 1. The molecule has 3 aromatic rings. The molecule has 3 aromatic heterocycles. The zero-order valence-corrected chi connectivity index (χ0v) is 17.9. The van der Waals surface area contributed by atoms with Crippen LogP contribution in [0.3, 0.4) is 0 Å². The van der Waals surface area contributed by atoms with Crippen LogP contribution in [0.2, 0.25) is 0 Å². The summed E-state index contributed by atoms with van der Waals surface area (Å²) in [7, 11) is 0. The fourth-order valence-corrected chi connectivity index (χ4v) is 3.92. The van der Waals surface area contributed by atoms with Gasteiger partial charge in [-0.2, -0.15) is 10.1 Å². The number of pyridine rings is 1. The highest BCUT2D eigenvalue weighted by atomic mass is 16.1. The zero-order chi connectivity index (χ0) is 21.3. The number of carbonyl (C=O) groups excluding carboxylic acids is 1. The molecule has 9 heteroatoms. The van der Waals surface area contributed by atoms with Crippen molar-refractivity contribution in [2.24, 2.45) is 0 Å². The lowest BCUT2D eigenvalue weighted by Crippen LogP contribution is -2.34. The monoisotopic (exact) mass is 410 g/mol. The van der Waals surface area contributed by atoms with Crippen molar-refractivity contribution in [3.63, 3.8) is 0 Å². The van der Waals surface area contributed by atoms with E-state index in [-0.39, 0.29) is 17.9 Å². The summed E-state index contributed by atoms with van der Waals surface area (Å²) in [4.78, 5) is 19.6. The smallest absolute Gasteiger partial charge is 0.255 e. The van der Waals surface area contributed by atoms with E-state index in [2.05, 4.69) is 43.2 Å². The molecule has 0 radical (unpaired) electrons. The van der Waals surface area contributed by atoms with Crippen LogP contribution in [0.5, 0.6) is 0 Å². The molecular formula is C21H30N8O. The summed E-state index contributed by atoms with van der Waals surface area (Å²) in [5, 5.41) is 11.8. The number of rotatable bonds is 6. The molecule has 3 N–H and O–H groups in total. The fraction of sp³-hybridized carbons (Fsp3) is 0.524. The third-order valence-electron chi connectivity index (χ3n) is 6.00. The van der Waals surface area contributed by atoms with Gasteiger partial charge in [-0.1, -0.05) is 13.8 Å². The standard InChI is InChI=1S/C21H30N8O/c1-4-14(3)24-20(30)18-10-15(12-29-19(18)25-21(22)26-29)16-11-23-28(13-16)17-6-8-27(5-2)9-7-17/h10-14,17H,4-9H2,1-3H3,(H2,22,26)(H,24,30)/t14-/m0/s1. The first-order chi connectivity index (χ1) is 14.5. The van der Waals surface area contributed by atoms with E-state index >= 15 is 0 Å². The Morgan fingerprint density at radius 2 is 2.03 bits per heavy atom. The predicted molar refractivity (Wildman–Crippen MR) is 116 cm³/mol. The zero-order valence-electron chi connectivity index (χ0n) is 17.9. The lowest BCUT2D eigenvalue weighted by molar-refractivity contribution is 0.0940. The van der Waals surface area contributed by atoms with E-state index < -0.39 is 0 Å². The van der Waals surface area contributed by atoms with Gasteiger partial charge in [-0.15, -0.1) is 5.10 Å². The number of likely N-dealkylation sites (tertiary alicyclic amines) is 1. The summed E-state index contributed by atoms with van der Waals surface area (Å²) in [5.41, 5.74) is 8.53. The third kappa shape index (κ3) is 4.02. The highest BCUT2D eigenvalue weighted by Gasteiger charge is 2.22. The predicted octanol–water partition coefficient (Wildman–Crippen LogP) is 2.36. The maximum Gasteiger partial charge on any atom is 0.255 e. The molecule has 1 amide bonds. The van der Waals surface area contributed by atoms with Gasteiger partial charge in [0, 0.05) is 42.7 Å². The first-order valence-electron chi connectivity index (χ1n) is 10.7. The number of nitrogens with two attached hydrogens (primary N) is 1. The highest BCUT2D eigenvalue weighted by molar-refractivity contribution is 6.01. The molecule has 4 heterocycles. The van der Waals surface area contributed by atoms with Crippen LogP contribution in [0.1, 0.15) is 56.4 Å². The van der Waals surface area contributed by atoms with Gasteiger partial charge in [-0.25, -0.2) is 4.52 Å². The van der Waals surface area contributed by atoms with E-state index in [1.165, 1.54) is 0 Å². The van der Waals surface area contributed by atoms with Gasteiger partial charge in [0.25, 0.3) is 5.91 Å². The van der Waals surface area contributed by atoms with E-state index in [0.717, 1.165) is 50.0 Å². The molecule has 4 rings (SSSR count). The van der Waals surface area contributed by atoms with Crippen LogP contribution in [-0.4, -0.2) is 60.9 Å². The SMILES string of the molecule is CC[C@H](C)NC(=O)c1cc(-c2cnn(C3CCN(CC)CC3)c2)cn2nc(N)nc12. The summed E-state index contributed by atoms with van der Waals surface area (Å²) < 4.78 is 3.63. The number of amides is 1. The van der Waals surface area contributed by atoms with Crippen molar-refractivity contribution in [1.82, 2.24) is 34.6 Å². The Morgan fingerprint density at radius 3 is 2.73 bits per heavy atom. The summed E-state index contributed by atoms with van der Waals surface area (Å²) in [5.74, 6) is -0.0361. The molecule has 0 saturated carbocycles. The lowest BCUT2D eigenvalue weighted by Gasteiger charge is -2.31. The van der Waals surface area contributed by atoms with Crippen molar-refractivity contribution in [2.45, 2.75) is 52.1 Å². The Kier molecular flexibility index (Phi) is 5.72. The highest BCUT2D eigenvalue weighted by Crippen LogP contribution is 2.27.